The van der Waals surface area contributed by atoms with Crippen LogP contribution in [-0.4, -0.2) is 107 Å². The van der Waals surface area contributed by atoms with Gasteiger partial charge in [0.15, 0.2) is 0 Å². The second-order valence-corrected chi connectivity index (χ2v) is 14.0. The normalized spacial score (nSPS) is 22.5. The Balaban J connectivity index is 1.24. The number of amides is 1. The van der Waals surface area contributed by atoms with Crippen molar-refractivity contribution in [3.05, 3.63) is 77.1 Å². The van der Waals surface area contributed by atoms with E-state index in [9.17, 15) is 41.0 Å². The molecule has 3 aliphatic heterocycles. The highest BCUT2D eigenvalue weighted by atomic mass is 19.4. The number of anilines is 2. The summed E-state index contributed by atoms with van der Waals surface area (Å²) in [7, 11) is 0. The summed E-state index contributed by atoms with van der Waals surface area (Å²) in [6.45, 7) is -1.30. The fraction of sp³-hybridized carbons (Fsp3) is 0.528. The van der Waals surface area contributed by atoms with Crippen molar-refractivity contribution in [1.29, 1.82) is 0 Å². The van der Waals surface area contributed by atoms with Gasteiger partial charge in [0.1, 0.15) is 25.0 Å². The number of benzene rings is 2. The Morgan fingerprint density at radius 1 is 0.981 bits per heavy atom. The summed E-state index contributed by atoms with van der Waals surface area (Å²) in [5.41, 5.74) is -3.22. The first-order chi connectivity index (χ1) is 25.2. The van der Waals surface area contributed by atoms with Crippen molar-refractivity contribution in [3.63, 3.8) is 0 Å². The van der Waals surface area contributed by atoms with Crippen LogP contribution in [-0.2, 0) is 22.3 Å². The molecule has 0 saturated carbocycles. The van der Waals surface area contributed by atoms with Crippen molar-refractivity contribution in [2.45, 2.75) is 62.1 Å². The highest BCUT2D eigenvalue weighted by molar-refractivity contribution is 5.97. The molecule has 288 valence electrons. The molecule has 0 spiro atoms. The zero-order valence-corrected chi connectivity index (χ0v) is 28.6. The van der Waals surface area contributed by atoms with Crippen molar-refractivity contribution < 1.29 is 49.8 Å². The number of imidazole rings is 1. The van der Waals surface area contributed by atoms with Crippen LogP contribution < -0.4 is 10.2 Å². The van der Waals surface area contributed by atoms with Gasteiger partial charge in [0.2, 0.25) is 11.6 Å². The molecule has 0 radical (unpaired) electrons. The minimum Gasteiger partial charge on any atom is -0.481 e. The first-order valence-corrected chi connectivity index (χ1v) is 17.5. The Kier molecular flexibility index (Phi) is 11.3. The number of carbonyl (C=O) groups excluding carboxylic acids is 1. The van der Waals surface area contributed by atoms with Gasteiger partial charge in [-0.3, -0.25) is 24.7 Å². The number of nitrogens with one attached hydrogen (secondary N) is 1. The van der Waals surface area contributed by atoms with E-state index < -0.39 is 78.7 Å². The molecule has 3 saturated heterocycles. The van der Waals surface area contributed by atoms with E-state index in [-0.39, 0.29) is 62.3 Å². The van der Waals surface area contributed by atoms with E-state index in [2.05, 4.69) is 10.3 Å². The number of hydrogen-bond donors (Lipinski definition) is 2. The van der Waals surface area contributed by atoms with Gasteiger partial charge in [0.25, 0.3) is 5.91 Å². The van der Waals surface area contributed by atoms with Gasteiger partial charge in [-0.2, -0.15) is 13.2 Å². The number of halogens is 8. The second-order valence-electron chi connectivity index (χ2n) is 14.0. The van der Waals surface area contributed by atoms with Gasteiger partial charge in [-0.1, -0.05) is 12.1 Å². The molecule has 0 unspecified atom stereocenters. The molecule has 17 heteroatoms. The lowest BCUT2D eigenvalue weighted by Gasteiger charge is -2.39. The molecule has 0 aliphatic carbocycles. The van der Waals surface area contributed by atoms with Crippen LogP contribution in [0.15, 0.2) is 48.8 Å². The average molecular weight is 757 g/mol. The molecule has 1 amide bonds. The Bertz CT molecular complexity index is 1770. The molecule has 6 rings (SSSR count). The first kappa shape index (κ1) is 38.5. The number of piperidine rings is 2. The number of likely N-dealkylation sites (tertiary alicyclic amines) is 2. The van der Waals surface area contributed by atoms with Gasteiger partial charge < -0.3 is 14.6 Å². The van der Waals surface area contributed by atoms with Crippen LogP contribution in [0.25, 0.3) is 0 Å². The maximum atomic E-state index is 17.3. The maximum absolute atomic E-state index is 17.3. The SMILES string of the molecule is O=C(O)C1CCN(c2cc(C(F)(F)F)ccc2Cn2ccnc2NC(=O)[C@]2(F)CN(C3CCN(C(CF)CF)CC3)C[C@H]2c2ccc(F)cc2F)CC1. The molecule has 3 aliphatic rings. The zero-order chi connectivity index (χ0) is 38.1. The van der Waals surface area contributed by atoms with Crippen molar-refractivity contribution in [1.82, 2.24) is 19.4 Å². The van der Waals surface area contributed by atoms with E-state index in [0.29, 0.717) is 37.6 Å². The summed E-state index contributed by atoms with van der Waals surface area (Å²) < 4.78 is 116. The molecule has 1 aromatic heterocycles. The third-order valence-electron chi connectivity index (χ3n) is 10.9. The highest BCUT2D eigenvalue weighted by Crippen LogP contribution is 2.43. The van der Waals surface area contributed by atoms with Crippen molar-refractivity contribution in [2.24, 2.45) is 5.92 Å². The first-order valence-electron chi connectivity index (χ1n) is 17.5. The lowest BCUT2D eigenvalue weighted by molar-refractivity contribution is -0.142. The minimum atomic E-state index is -4.64. The number of rotatable bonds is 11. The van der Waals surface area contributed by atoms with E-state index >= 15 is 8.78 Å². The topological polar surface area (TPSA) is 93.9 Å². The molecule has 53 heavy (non-hydrogen) atoms. The van der Waals surface area contributed by atoms with Crippen LogP contribution in [0.1, 0.15) is 48.3 Å². The lowest BCUT2D eigenvalue weighted by atomic mass is 9.85. The number of aliphatic carboxylic acids is 1. The van der Waals surface area contributed by atoms with Crippen molar-refractivity contribution in [2.75, 3.05) is 62.8 Å². The van der Waals surface area contributed by atoms with Crippen LogP contribution in [0, 0.1) is 17.6 Å². The molecular weight excluding hydrogens is 716 g/mol. The van der Waals surface area contributed by atoms with Crippen LogP contribution in [0.2, 0.25) is 0 Å². The van der Waals surface area contributed by atoms with E-state index in [1.165, 1.54) is 23.0 Å². The number of nitrogens with zero attached hydrogens (tertiary/aromatic N) is 5. The van der Waals surface area contributed by atoms with E-state index in [4.69, 9.17) is 0 Å². The summed E-state index contributed by atoms with van der Waals surface area (Å²) >= 11 is 0. The number of carbonyl (C=O) groups is 2. The zero-order valence-electron chi connectivity index (χ0n) is 28.6. The number of carboxylic acid groups (broad SMARTS) is 1. The monoisotopic (exact) mass is 756 g/mol. The Hall–Kier alpha value is -4.25. The summed E-state index contributed by atoms with van der Waals surface area (Å²) in [6, 6.07) is 4.73. The standard InChI is InChI=1S/C36H40F8N6O3/c37-17-27(18-38)47-12-7-26(8-13-47)50-20-29(28-4-3-25(39)16-30(28)40)35(41,21-50)33(53)46-34-45-9-14-49(34)19-23-1-2-24(36(42,43)44)15-31(23)48-10-5-22(6-11-48)32(51)52/h1-4,9,14-16,22,26-27,29H,5-8,10-13,17-21H2,(H,51,52)(H,45,46,53)/t29-,35-/m0/s1. The van der Waals surface area contributed by atoms with Gasteiger partial charge in [-0.15, -0.1) is 0 Å². The quantitative estimate of drug-likeness (QED) is 0.231. The molecule has 4 heterocycles. The lowest BCUT2D eigenvalue weighted by Crippen LogP contribution is -2.50. The fourth-order valence-corrected chi connectivity index (χ4v) is 7.82. The van der Waals surface area contributed by atoms with Gasteiger partial charge in [-0.05, 0) is 55.0 Å². The van der Waals surface area contributed by atoms with Gasteiger partial charge in [-0.25, -0.2) is 26.9 Å². The largest absolute Gasteiger partial charge is 0.481 e. The maximum Gasteiger partial charge on any atom is 0.416 e. The van der Waals surface area contributed by atoms with Crippen LogP contribution >= 0.6 is 0 Å². The minimum absolute atomic E-state index is 0.0965. The average Bonchev–Trinajstić information content (AvgIpc) is 3.72. The van der Waals surface area contributed by atoms with Gasteiger partial charge in [0, 0.05) is 75.4 Å². The summed E-state index contributed by atoms with van der Waals surface area (Å²) in [5, 5.41) is 11.9. The molecule has 2 N–H and O–H groups in total. The third kappa shape index (κ3) is 8.15. The van der Waals surface area contributed by atoms with E-state index in [1.54, 1.807) is 14.7 Å². The van der Waals surface area contributed by atoms with E-state index in [0.717, 1.165) is 24.3 Å². The summed E-state index contributed by atoms with van der Waals surface area (Å²) in [5.74, 6) is -6.16. The highest BCUT2D eigenvalue weighted by Gasteiger charge is 2.56. The van der Waals surface area contributed by atoms with Gasteiger partial charge >= 0.3 is 12.1 Å². The van der Waals surface area contributed by atoms with Gasteiger partial charge in [0.05, 0.1) is 24.1 Å². The molecular formula is C36H40F8N6O3. The molecule has 3 fully saturated rings. The smallest absolute Gasteiger partial charge is 0.416 e. The number of aromatic nitrogens is 2. The number of hydrogen-bond acceptors (Lipinski definition) is 6. The molecule has 2 aromatic carbocycles. The molecule has 0 bridgehead atoms. The van der Waals surface area contributed by atoms with Crippen LogP contribution in [0.4, 0.5) is 46.8 Å². The third-order valence-corrected chi connectivity index (χ3v) is 10.9. The predicted molar refractivity (Wildman–Crippen MR) is 179 cm³/mol. The Morgan fingerprint density at radius 2 is 1.68 bits per heavy atom. The van der Waals surface area contributed by atoms with Crippen molar-refractivity contribution >= 4 is 23.5 Å². The predicted octanol–water partition coefficient (Wildman–Crippen LogP) is 6.05. The number of carboxylic acids is 1. The fourth-order valence-electron chi connectivity index (χ4n) is 7.82. The Morgan fingerprint density at radius 3 is 2.30 bits per heavy atom. The summed E-state index contributed by atoms with van der Waals surface area (Å²) in [6.07, 6.45) is -0.575. The molecule has 9 nitrogen and oxygen atoms in total. The van der Waals surface area contributed by atoms with Crippen LogP contribution in [0.5, 0.6) is 0 Å². The molecule has 2 atom stereocenters. The van der Waals surface area contributed by atoms with Crippen molar-refractivity contribution in [3.8, 4) is 0 Å². The second kappa shape index (κ2) is 15.6. The number of alkyl halides is 6. The van der Waals surface area contributed by atoms with Crippen LogP contribution in [0.3, 0.4) is 0 Å². The molecule has 3 aromatic rings. The Labute approximate surface area is 300 Å². The summed E-state index contributed by atoms with van der Waals surface area (Å²) in [4.78, 5) is 34.7. The van der Waals surface area contributed by atoms with E-state index in [1.807, 2.05) is 0 Å².